The number of hydrogen-bond donors (Lipinski definition) is 2. The van der Waals surface area contributed by atoms with E-state index in [1.54, 1.807) is 19.2 Å². The van der Waals surface area contributed by atoms with Crippen LogP contribution in [0, 0.1) is 5.82 Å². The Morgan fingerprint density at radius 2 is 2.19 bits per heavy atom. The fraction of sp³-hybridized carbons (Fsp3) is 0.0714. The molecule has 0 fully saturated rings. The molecule has 0 unspecified atom stereocenters. The van der Waals surface area contributed by atoms with Crippen LogP contribution < -0.4 is 5.32 Å². The number of carboxylic acid groups (broad SMARTS) is 1. The lowest BCUT2D eigenvalue weighted by Crippen LogP contribution is -2.05. The van der Waals surface area contributed by atoms with Crippen LogP contribution in [0.5, 0.6) is 0 Å². The summed E-state index contributed by atoms with van der Waals surface area (Å²) in [6.45, 7) is 0. The number of fused-ring (bicyclic) bond motifs is 1. The maximum atomic E-state index is 13.3. The molecule has 3 aromatic rings. The molecule has 21 heavy (non-hydrogen) atoms. The number of hydrogen-bond acceptors (Lipinski definition) is 4. The molecule has 0 amide bonds. The molecule has 0 aliphatic carbocycles. The Labute approximate surface area is 118 Å². The summed E-state index contributed by atoms with van der Waals surface area (Å²) in [5, 5.41) is 16.8. The largest absolute Gasteiger partial charge is 0.478 e. The van der Waals surface area contributed by atoms with Gasteiger partial charge in [-0.25, -0.2) is 14.2 Å². The van der Waals surface area contributed by atoms with E-state index in [1.165, 1.54) is 29.2 Å². The maximum absolute atomic E-state index is 13.3. The van der Waals surface area contributed by atoms with Gasteiger partial charge in [0.2, 0.25) is 0 Å². The Balaban J connectivity index is 2.18. The Hall–Kier alpha value is -2.96. The van der Waals surface area contributed by atoms with E-state index in [4.69, 9.17) is 0 Å². The van der Waals surface area contributed by atoms with Crippen LogP contribution in [-0.2, 0) is 7.05 Å². The van der Waals surface area contributed by atoms with Crippen molar-refractivity contribution in [3.05, 3.63) is 48.0 Å². The van der Waals surface area contributed by atoms with Crippen molar-refractivity contribution < 1.29 is 14.3 Å². The van der Waals surface area contributed by atoms with Crippen LogP contribution in [-0.4, -0.2) is 25.8 Å². The highest BCUT2D eigenvalue weighted by Gasteiger charge is 2.17. The monoisotopic (exact) mass is 286 g/mol. The summed E-state index contributed by atoms with van der Waals surface area (Å²) in [5.74, 6) is -1.53. The number of benzene rings is 1. The van der Waals surface area contributed by atoms with E-state index in [0.717, 1.165) is 0 Å². The zero-order chi connectivity index (χ0) is 15.0. The number of rotatable bonds is 3. The highest BCUT2D eigenvalue weighted by atomic mass is 19.1. The lowest BCUT2D eigenvalue weighted by molar-refractivity contribution is 0.0697. The smallest absolute Gasteiger partial charge is 0.339 e. The van der Waals surface area contributed by atoms with Crippen molar-refractivity contribution in [3.63, 3.8) is 0 Å². The molecule has 0 saturated heterocycles. The number of carbonyl (C=O) groups is 1. The Morgan fingerprint density at radius 1 is 1.38 bits per heavy atom. The van der Waals surface area contributed by atoms with Crippen LogP contribution in [0.15, 0.2) is 36.7 Å². The number of nitrogens with one attached hydrogen (secondary N) is 1. The van der Waals surface area contributed by atoms with Crippen LogP contribution in [0.2, 0.25) is 0 Å². The Kier molecular flexibility index (Phi) is 3.02. The average Bonchev–Trinajstić information content (AvgIpc) is 2.81. The molecule has 2 aromatic heterocycles. The molecule has 0 atom stereocenters. The molecule has 2 heterocycles. The average molecular weight is 286 g/mol. The van der Waals surface area contributed by atoms with Crippen molar-refractivity contribution in [2.45, 2.75) is 0 Å². The first kappa shape index (κ1) is 13.0. The zero-order valence-corrected chi connectivity index (χ0v) is 11.0. The molecule has 0 aliphatic heterocycles. The second kappa shape index (κ2) is 4.86. The predicted octanol–water partition coefficient (Wildman–Crippen LogP) is 2.55. The normalized spacial score (nSPS) is 10.8. The van der Waals surface area contributed by atoms with Gasteiger partial charge >= 0.3 is 5.97 Å². The molecular formula is C14H11FN4O2. The third-order valence-corrected chi connectivity index (χ3v) is 3.09. The SMILES string of the molecule is Cn1ncc2c(Nc3cccc(F)c3)c(C(=O)O)cnc21. The first-order valence-corrected chi connectivity index (χ1v) is 6.13. The van der Waals surface area contributed by atoms with Gasteiger partial charge in [-0.15, -0.1) is 0 Å². The molecule has 0 saturated carbocycles. The van der Waals surface area contributed by atoms with Gasteiger partial charge in [0.15, 0.2) is 5.65 Å². The van der Waals surface area contributed by atoms with Gasteiger partial charge in [0.1, 0.15) is 11.4 Å². The van der Waals surface area contributed by atoms with E-state index < -0.39 is 11.8 Å². The van der Waals surface area contributed by atoms with Crippen molar-refractivity contribution in [2.75, 3.05) is 5.32 Å². The van der Waals surface area contributed by atoms with Gasteiger partial charge in [0, 0.05) is 18.9 Å². The molecule has 0 spiro atoms. The third-order valence-electron chi connectivity index (χ3n) is 3.09. The topological polar surface area (TPSA) is 80.0 Å². The summed E-state index contributed by atoms with van der Waals surface area (Å²) in [6, 6.07) is 5.79. The summed E-state index contributed by atoms with van der Waals surface area (Å²) in [7, 11) is 1.71. The molecular weight excluding hydrogens is 275 g/mol. The summed E-state index contributed by atoms with van der Waals surface area (Å²) >= 11 is 0. The lowest BCUT2D eigenvalue weighted by Gasteiger charge is -2.10. The van der Waals surface area contributed by atoms with E-state index in [1.807, 2.05) is 0 Å². The maximum Gasteiger partial charge on any atom is 0.339 e. The number of aromatic nitrogens is 3. The number of aromatic carboxylic acids is 1. The highest BCUT2D eigenvalue weighted by molar-refractivity contribution is 6.04. The number of pyridine rings is 1. The van der Waals surface area contributed by atoms with Crippen LogP contribution in [0.25, 0.3) is 11.0 Å². The van der Waals surface area contributed by atoms with Gasteiger partial charge in [-0.3, -0.25) is 4.68 Å². The summed E-state index contributed by atoms with van der Waals surface area (Å²) < 4.78 is 14.8. The zero-order valence-electron chi connectivity index (χ0n) is 11.0. The van der Waals surface area contributed by atoms with Gasteiger partial charge in [-0.1, -0.05) is 6.07 Å². The van der Waals surface area contributed by atoms with Crippen molar-refractivity contribution in [3.8, 4) is 0 Å². The minimum absolute atomic E-state index is 0.000221. The van der Waals surface area contributed by atoms with Gasteiger partial charge < -0.3 is 10.4 Å². The molecule has 1 aromatic carbocycles. The predicted molar refractivity (Wildman–Crippen MR) is 75.2 cm³/mol. The van der Waals surface area contributed by atoms with E-state index >= 15 is 0 Å². The summed E-state index contributed by atoms with van der Waals surface area (Å²) in [5.41, 5.74) is 1.33. The minimum Gasteiger partial charge on any atom is -0.478 e. The number of aryl methyl sites for hydroxylation is 1. The lowest BCUT2D eigenvalue weighted by atomic mass is 10.1. The van der Waals surface area contributed by atoms with E-state index in [2.05, 4.69) is 15.4 Å². The van der Waals surface area contributed by atoms with Crippen molar-refractivity contribution in [1.82, 2.24) is 14.8 Å². The molecule has 0 aliphatic rings. The second-order valence-corrected chi connectivity index (χ2v) is 4.49. The number of carboxylic acids is 1. The first-order chi connectivity index (χ1) is 10.1. The second-order valence-electron chi connectivity index (χ2n) is 4.49. The number of anilines is 2. The quantitative estimate of drug-likeness (QED) is 0.773. The van der Waals surface area contributed by atoms with E-state index in [9.17, 15) is 14.3 Å². The Bertz CT molecular complexity index is 844. The molecule has 3 rings (SSSR count). The summed E-state index contributed by atoms with van der Waals surface area (Å²) in [6.07, 6.45) is 2.78. The van der Waals surface area contributed by atoms with Crippen molar-refractivity contribution >= 4 is 28.4 Å². The molecule has 0 bridgehead atoms. The van der Waals surface area contributed by atoms with Crippen molar-refractivity contribution in [2.24, 2.45) is 7.05 Å². The first-order valence-electron chi connectivity index (χ1n) is 6.13. The summed E-state index contributed by atoms with van der Waals surface area (Å²) in [4.78, 5) is 15.4. The standard InChI is InChI=1S/C14H11FN4O2/c1-19-13-10(7-17-19)12(11(6-16-13)14(20)21)18-9-4-2-3-8(15)5-9/h2-7H,1H3,(H,16,18)(H,20,21). The molecule has 2 N–H and O–H groups in total. The van der Waals surface area contributed by atoms with Gasteiger partial charge in [-0.2, -0.15) is 5.10 Å². The van der Waals surface area contributed by atoms with Crippen molar-refractivity contribution in [1.29, 1.82) is 0 Å². The highest BCUT2D eigenvalue weighted by Crippen LogP contribution is 2.29. The molecule has 106 valence electrons. The molecule has 6 nitrogen and oxygen atoms in total. The fourth-order valence-corrected chi connectivity index (χ4v) is 2.10. The van der Waals surface area contributed by atoms with E-state index in [0.29, 0.717) is 22.4 Å². The van der Waals surface area contributed by atoms with Gasteiger partial charge in [-0.05, 0) is 18.2 Å². The van der Waals surface area contributed by atoms with Crippen LogP contribution >= 0.6 is 0 Å². The number of nitrogens with zero attached hydrogens (tertiary/aromatic N) is 3. The van der Waals surface area contributed by atoms with Crippen LogP contribution in [0.4, 0.5) is 15.8 Å². The van der Waals surface area contributed by atoms with Crippen LogP contribution in [0.1, 0.15) is 10.4 Å². The number of halogens is 1. The fourth-order valence-electron chi connectivity index (χ4n) is 2.10. The van der Waals surface area contributed by atoms with Gasteiger partial charge in [0.25, 0.3) is 0 Å². The van der Waals surface area contributed by atoms with Gasteiger partial charge in [0.05, 0.1) is 17.3 Å². The Morgan fingerprint density at radius 3 is 2.90 bits per heavy atom. The van der Waals surface area contributed by atoms with E-state index in [-0.39, 0.29) is 5.56 Å². The molecule has 0 radical (unpaired) electrons. The third kappa shape index (κ3) is 2.29. The minimum atomic E-state index is -1.12. The molecule has 7 heteroatoms. The van der Waals surface area contributed by atoms with Crippen LogP contribution in [0.3, 0.4) is 0 Å².